The summed E-state index contributed by atoms with van der Waals surface area (Å²) in [5.41, 5.74) is 6.56. The number of anilines is 1. The Bertz CT molecular complexity index is 577. The summed E-state index contributed by atoms with van der Waals surface area (Å²) >= 11 is 0. The zero-order valence-electron chi connectivity index (χ0n) is 12.9. The van der Waals surface area contributed by atoms with Gasteiger partial charge in [0.05, 0.1) is 6.54 Å². The van der Waals surface area contributed by atoms with Crippen molar-refractivity contribution in [3.8, 4) is 0 Å². The second-order valence-electron chi connectivity index (χ2n) is 5.16. The van der Waals surface area contributed by atoms with Gasteiger partial charge in [-0.15, -0.1) is 12.4 Å². The molecule has 0 saturated carbocycles. The quantitative estimate of drug-likeness (QED) is 0.679. The highest BCUT2D eigenvalue weighted by Crippen LogP contribution is 2.17. The van der Waals surface area contributed by atoms with Gasteiger partial charge in [0.2, 0.25) is 11.8 Å². The van der Waals surface area contributed by atoms with E-state index in [4.69, 9.17) is 5.73 Å². The Labute approximate surface area is 141 Å². The third-order valence-corrected chi connectivity index (χ3v) is 3.70. The van der Waals surface area contributed by atoms with Crippen molar-refractivity contribution >= 4 is 35.8 Å². The zero-order chi connectivity index (χ0) is 16.1. The van der Waals surface area contributed by atoms with E-state index in [1.54, 1.807) is 31.3 Å². The molecular formula is C15H21ClN4O3. The van der Waals surface area contributed by atoms with Gasteiger partial charge < -0.3 is 21.3 Å². The monoisotopic (exact) mass is 340 g/mol. The number of nitrogens with one attached hydrogen (secondary N) is 2. The largest absolute Gasteiger partial charge is 0.399 e. The number of benzene rings is 1. The van der Waals surface area contributed by atoms with Gasteiger partial charge in [-0.3, -0.25) is 14.4 Å². The fourth-order valence-corrected chi connectivity index (χ4v) is 2.50. The number of likely N-dealkylation sites (tertiary alicyclic amines) is 1. The fourth-order valence-electron chi connectivity index (χ4n) is 2.50. The van der Waals surface area contributed by atoms with E-state index in [1.165, 1.54) is 4.90 Å². The second kappa shape index (κ2) is 8.38. The van der Waals surface area contributed by atoms with Crippen LogP contribution in [-0.2, 0) is 9.59 Å². The number of rotatable bonds is 4. The van der Waals surface area contributed by atoms with Crippen LogP contribution in [0.5, 0.6) is 0 Å². The molecule has 1 saturated heterocycles. The first-order chi connectivity index (χ1) is 10.5. The van der Waals surface area contributed by atoms with Gasteiger partial charge >= 0.3 is 0 Å². The standard InChI is InChI=1S/C15H20N4O3.ClH/c1-17-15(22)12-3-2-8-19(12)13(20)9-18-14(21)10-4-6-11(16)7-5-10;/h4-7,12H,2-3,8-9,16H2,1H3,(H,17,22)(H,18,21);1H. The Kier molecular flexibility index (Phi) is 6.84. The van der Waals surface area contributed by atoms with Crippen molar-refractivity contribution in [1.82, 2.24) is 15.5 Å². The van der Waals surface area contributed by atoms with E-state index in [0.717, 1.165) is 6.42 Å². The van der Waals surface area contributed by atoms with Gasteiger partial charge in [0, 0.05) is 24.8 Å². The van der Waals surface area contributed by atoms with E-state index >= 15 is 0 Å². The molecule has 1 aromatic rings. The number of likely N-dealkylation sites (N-methyl/N-ethyl adjacent to an activating group) is 1. The molecule has 126 valence electrons. The Morgan fingerprint density at radius 1 is 1.26 bits per heavy atom. The first-order valence-corrected chi connectivity index (χ1v) is 7.17. The molecule has 3 amide bonds. The van der Waals surface area contributed by atoms with Gasteiger partial charge in [0.15, 0.2) is 0 Å². The first-order valence-electron chi connectivity index (χ1n) is 7.17. The number of halogens is 1. The lowest BCUT2D eigenvalue weighted by atomic mass is 10.2. The highest BCUT2D eigenvalue weighted by atomic mass is 35.5. The van der Waals surface area contributed by atoms with Crippen LogP contribution >= 0.6 is 12.4 Å². The third kappa shape index (κ3) is 4.59. The lowest BCUT2D eigenvalue weighted by Crippen LogP contribution is -2.48. The molecule has 23 heavy (non-hydrogen) atoms. The molecule has 7 nitrogen and oxygen atoms in total. The second-order valence-corrected chi connectivity index (χ2v) is 5.16. The van der Waals surface area contributed by atoms with Gasteiger partial charge in [-0.05, 0) is 37.1 Å². The molecule has 1 unspecified atom stereocenters. The minimum absolute atomic E-state index is 0. The van der Waals surface area contributed by atoms with E-state index in [-0.39, 0.29) is 36.7 Å². The van der Waals surface area contributed by atoms with Crippen LogP contribution in [0.4, 0.5) is 5.69 Å². The topological polar surface area (TPSA) is 105 Å². The molecule has 1 aromatic carbocycles. The maximum Gasteiger partial charge on any atom is 0.251 e. The SMILES string of the molecule is CNC(=O)C1CCCN1C(=O)CNC(=O)c1ccc(N)cc1.Cl. The Morgan fingerprint density at radius 2 is 1.91 bits per heavy atom. The molecule has 0 radical (unpaired) electrons. The van der Waals surface area contributed by atoms with Crippen molar-refractivity contribution in [2.75, 3.05) is 25.9 Å². The molecule has 2 rings (SSSR count). The Morgan fingerprint density at radius 3 is 2.52 bits per heavy atom. The van der Waals surface area contributed by atoms with Gasteiger partial charge in [0.25, 0.3) is 5.91 Å². The van der Waals surface area contributed by atoms with Gasteiger partial charge in [-0.25, -0.2) is 0 Å². The summed E-state index contributed by atoms with van der Waals surface area (Å²) < 4.78 is 0. The molecule has 1 atom stereocenters. The van der Waals surface area contributed by atoms with Crippen LogP contribution in [0.15, 0.2) is 24.3 Å². The van der Waals surface area contributed by atoms with Crippen molar-refractivity contribution in [3.05, 3.63) is 29.8 Å². The maximum absolute atomic E-state index is 12.2. The lowest BCUT2D eigenvalue weighted by molar-refractivity contribution is -0.137. The average Bonchev–Trinajstić information content (AvgIpc) is 3.01. The third-order valence-electron chi connectivity index (χ3n) is 3.70. The number of nitrogens with two attached hydrogens (primary N) is 1. The molecule has 1 aliphatic rings. The summed E-state index contributed by atoms with van der Waals surface area (Å²) in [5.74, 6) is -0.769. The summed E-state index contributed by atoms with van der Waals surface area (Å²) in [6.45, 7) is 0.408. The summed E-state index contributed by atoms with van der Waals surface area (Å²) in [6, 6.07) is 6.00. The van der Waals surface area contributed by atoms with Crippen LogP contribution in [0, 0.1) is 0 Å². The Balaban J connectivity index is 0.00000264. The highest BCUT2D eigenvalue weighted by molar-refractivity contribution is 5.97. The number of nitrogen functional groups attached to an aromatic ring is 1. The molecule has 8 heteroatoms. The van der Waals surface area contributed by atoms with Crippen LogP contribution < -0.4 is 16.4 Å². The Hall–Kier alpha value is -2.28. The number of nitrogens with zero attached hydrogens (tertiary/aromatic N) is 1. The van der Waals surface area contributed by atoms with Crippen molar-refractivity contribution in [1.29, 1.82) is 0 Å². The summed E-state index contributed by atoms with van der Waals surface area (Å²) in [4.78, 5) is 37.4. The highest BCUT2D eigenvalue weighted by Gasteiger charge is 2.33. The van der Waals surface area contributed by atoms with Crippen LogP contribution in [0.2, 0.25) is 0 Å². The number of hydrogen-bond acceptors (Lipinski definition) is 4. The van der Waals surface area contributed by atoms with E-state index < -0.39 is 6.04 Å². The van der Waals surface area contributed by atoms with Crippen molar-refractivity contribution < 1.29 is 14.4 Å². The maximum atomic E-state index is 12.2. The predicted molar refractivity (Wildman–Crippen MR) is 89.2 cm³/mol. The zero-order valence-corrected chi connectivity index (χ0v) is 13.7. The van der Waals surface area contributed by atoms with Crippen molar-refractivity contribution in [2.45, 2.75) is 18.9 Å². The van der Waals surface area contributed by atoms with Crippen LogP contribution in [-0.4, -0.2) is 48.8 Å². The minimum Gasteiger partial charge on any atom is -0.399 e. The molecule has 4 N–H and O–H groups in total. The molecule has 1 aliphatic heterocycles. The normalized spacial score (nSPS) is 16.4. The molecule has 0 aromatic heterocycles. The summed E-state index contributed by atoms with van der Waals surface area (Å²) in [7, 11) is 1.55. The average molecular weight is 341 g/mol. The summed E-state index contributed by atoms with van der Waals surface area (Å²) in [6.07, 6.45) is 1.44. The van der Waals surface area contributed by atoms with Gasteiger partial charge in [0.1, 0.15) is 6.04 Å². The predicted octanol–water partition coefficient (Wildman–Crippen LogP) is 0.157. The van der Waals surface area contributed by atoms with Gasteiger partial charge in [-0.1, -0.05) is 0 Å². The smallest absolute Gasteiger partial charge is 0.251 e. The number of carbonyl (C=O) groups excluding carboxylic acids is 3. The first kappa shape index (κ1) is 18.8. The lowest BCUT2D eigenvalue weighted by Gasteiger charge is -2.23. The molecule has 1 heterocycles. The number of carbonyl (C=O) groups is 3. The molecule has 1 fully saturated rings. The number of hydrogen-bond donors (Lipinski definition) is 3. The van der Waals surface area contributed by atoms with Gasteiger partial charge in [-0.2, -0.15) is 0 Å². The van der Waals surface area contributed by atoms with Crippen molar-refractivity contribution in [3.63, 3.8) is 0 Å². The van der Waals surface area contributed by atoms with Crippen LogP contribution in [0.3, 0.4) is 0 Å². The molecular weight excluding hydrogens is 320 g/mol. The number of amides is 3. The van der Waals surface area contributed by atoms with Crippen LogP contribution in [0.25, 0.3) is 0 Å². The summed E-state index contributed by atoms with van der Waals surface area (Å²) in [5, 5.41) is 5.13. The fraction of sp³-hybridized carbons (Fsp3) is 0.400. The van der Waals surface area contributed by atoms with E-state index in [0.29, 0.717) is 24.2 Å². The molecule has 0 spiro atoms. The minimum atomic E-state index is -0.439. The molecule has 0 aliphatic carbocycles. The molecule has 0 bridgehead atoms. The van der Waals surface area contributed by atoms with E-state index in [9.17, 15) is 14.4 Å². The van der Waals surface area contributed by atoms with E-state index in [2.05, 4.69) is 10.6 Å². The van der Waals surface area contributed by atoms with Crippen LogP contribution in [0.1, 0.15) is 23.2 Å². The van der Waals surface area contributed by atoms with Crippen molar-refractivity contribution in [2.24, 2.45) is 0 Å². The van der Waals surface area contributed by atoms with E-state index in [1.807, 2.05) is 0 Å².